The van der Waals surface area contributed by atoms with E-state index >= 15 is 0 Å². The summed E-state index contributed by atoms with van der Waals surface area (Å²) in [5.74, 6) is -0.299. The molecule has 0 N–H and O–H groups in total. The minimum atomic E-state index is -0.427. The van der Waals surface area contributed by atoms with E-state index in [0.717, 1.165) is 11.1 Å². The molecule has 17 heavy (non-hydrogen) atoms. The van der Waals surface area contributed by atoms with Gasteiger partial charge in [-0.25, -0.2) is 0 Å². The highest BCUT2D eigenvalue weighted by atomic mass is 16.5. The summed E-state index contributed by atoms with van der Waals surface area (Å²) in [6, 6.07) is 5.63. The van der Waals surface area contributed by atoms with Crippen molar-refractivity contribution in [2.24, 2.45) is 0 Å². The number of carbonyl (C=O) groups excluding carboxylic acids is 2. The molecule has 0 saturated carbocycles. The molecular weight excluding hydrogens is 220 g/mol. The average molecular weight is 236 g/mol. The van der Waals surface area contributed by atoms with Crippen LogP contribution < -0.4 is 4.74 Å². The zero-order chi connectivity index (χ0) is 12.8. The molecule has 0 atom stereocenters. The van der Waals surface area contributed by atoms with Gasteiger partial charge in [0.2, 0.25) is 0 Å². The van der Waals surface area contributed by atoms with Crippen molar-refractivity contribution in [3.8, 4) is 5.75 Å². The highest BCUT2D eigenvalue weighted by Gasteiger charge is 2.10. The van der Waals surface area contributed by atoms with Crippen molar-refractivity contribution in [3.05, 3.63) is 29.3 Å². The Morgan fingerprint density at radius 3 is 2.41 bits per heavy atom. The standard InChI is InChI=1S/C13H16O4/c1-9-4-5-10(2)11(8-9)17-13(15)7-6-12(14)16-3/h4-5,8H,6-7H2,1-3H3. The number of hydrogen-bond donors (Lipinski definition) is 0. The summed E-state index contributed by atoms with van der Waals surface area (Å²) in [4.78, 5) is 22.3. The molecular formula is C13H16O4. The summed E-state index contributed by atoms with van der Waals surface area (Å²) in [6.45, 7) is 3.79. The number of methoxy groups -OCH3 is 1. The van der Waals surface area contributed by atoms with Gasteiger partial charge in [0, 0.05) is 0 Å². The van der Waals surface area contributed by atoms with Gasteiger partial charge in [0.1, 0.15) is 5.75 Å². The molecule has 0 saturated heterocycles. The molecule has 92 valence electrons. The van der Waals surface area contributed by atoms with Gasteiger partial charge in [-0.15, -0.1) is 0 Å². The Hall–Kier alpha value is -1.84. The maximum absolute atomic E-state index is 11.5. The largest absolute Gasteiger partial charge is 0.469 e. The van der Waals surface area contributed by atoms with Gasteiger partial charge in [-0.1, -0.05) is 12.1 Å². The number of hydrogen-bond acceptors (Lipinski definition) is 4. The molecule has 4 nitrogen and oxygen atoms in total. The summed E-state index contributed by atoms with van der Waals surface area (Å²) in [6.07, 6.45) is 0.0697. The van der Waals surface area contributed by atoms with E-state index in [4.69, 9.17) is 4.74 Å². The van der Waals surface area contributed by atoms with Gasteiger partial charge in [0.05, 0.1) is 20.0 Å². The van der Waals surface area contributed by atoms with Crippen LogP contribution in [0.15, 0.2) is 18.2 Å². The van der Waals surface area contributed by atoms with E-state index in [-0.39, 0.29) is 12.8 Å². The van der Waals surface area contributed by atoms with Crippen LogP contribution in [-0.2, 0) is 14.3 Å². The molecule has 1 aromatic rings. The Kier molecular flexibility index (Phi) is 4.69. The predicted octanol–water partition coefficient (Wildman–Crippen LogP) is 2.16. The highest BCUT2D eigenvalue weighted by Crippen LogP contribution is 2.19. The van der Waals surface area contributed by atoms with E-state index in [1.165, 1.54) is 7.11 Å². The average Bonchev–Trinajstić information content (AvgIpc) is 2.30. The van der Waals surface area contributed by atoms with Crippen molar-refractivity contribution >= 4 is 11.9 Å². The smallest absolute Gasteiger partial charge is 0.311 e. The van der Waals surface area contributed by atoms with Crippen LogP contribution in [0, 0.1) is 13.8 Å². The van der Waals surface area contributed by atoms with Gasteiger partial charge < -0.3 is 9.47 Å². The molecule has 4 heteroatoms. The zero-order valence-electron chi connectivity index (χ0n) is 10.3. The van der Waals surface area contributed by atoms with Crippen LogP contribution in [-0.4, -0.2) is 19.0 Å². The number of aryl methyl sites for hydroxylation is 2. The first-order chi connectivity index (χ1) is 8.02. The third kappa shape index (κ3) is 4.26. The summed E-state index contributed by atoms with van der Waals surface area (Å²) in [7, 11) is 1.29. The Balaban J connectivity index is 2.56. The van der Waals surface area contributed by atoms with Crippen LogP contribution in [0.2, 0.25) is 0 Å². The lowest BCUT2D eigenvalue weighted by Crippen LogP contribution is -2.12. The Labute approximate surface area is 101 Å². The Morgan fingerprint density at radius 2 is 1.76 bits per heavy atom. The second-order valence-electron chi connectivity index (χ2n) is 3.82. The molecule has 0 spiro atoms. The molecule has 0 heterocycles. The van der Waals surface area contributed by atoms with E-state index in [0.29, 0.717) is 5.75 Å². The summed E-state index contributed by atoms with van der Waals surface area (Å²) in [5, 5.41) is 0. The summed E-state index contributed by atoms with van der Waals surface area (Å²) in [5.41, 5.74) is 1.91. The topological polar surface area (TPSA) is 52.6 Å². The predicted molar refractivity (Wildman–Crippen MR) is 62.8 cm³/mol. The van der Waals surface area contributed by atoms with Crippen molar-refractivity contribution in [2.75, 3.05) is 7.11 Å². The molecule has 0 bridgehead atoms. The van der Waals surface area contributed by atoms with Crippen molar-refractivity contribution in [2.45, 2.75) is 26.7 Å². The highest BCUT2D eigenvalue weighted by molar-refractivity contribution is 5.79. The van der Waals surface area contributed by atoms with E-state index < -0.39 is 11.9 Å². The van der Waals surface area contributed by atoms with Crippen molar-refractivity contribution in [1.29, 1.82) is 0 Å². The second kappa shape index (κ2) is 6.03. The van der Waals surface area contributed by atoms with Crippen LogP contribution in [0.4, 0.5) is 0 Å². The minimum absolute atomic E-state index is 0.0278. The molecule has 0 amide bonds. The normalized spacial score (nSPS) is 9.82. The lowest BCUT2D eigenvalue weighted by Gasteiger charge is -2.07. The lowest BCUT2D eigenvalue weighted by molar-refractivity contribution is -0.144. The minimum Gasteiger partial charge on any atom is -0.469 e. The van der Waals surface area contributed by atoms with Gasteiger partial charge in [0.25, 0.3) is 0 Å². The molecule has 0 aromatic heterocycles. The third-order valence-electron chi connectivity index (χ3n) is 2.33. The number of benzene rings is 1. The van der Waals surface area contributed by atoms with E-state index in [1.54, 1.807) is 6.07 Å². The van der Waals surface area contributed by atoms with Crippen LogP contribution in [0.3, 0.4) is 0 Å². The zero-order valence-corrected chi connectivity index (χ0v) is 10.3. The monoisotopic (exact) mass is 236 g/mol. The first kappa shape index (κ1) is 13.2. The second-order valence-corrected chi connectivity index (χ2v) is 3.82. The van der Waals surface area contributed by atoms with Crippen LogP contribution in [0.5, 0.6) is 5.75 Å². The van der Waals surface area contributed by atoms with Crippen molar-refractivity contribution in [1.82, 2.24) is 0 Å². The third-order valence-corrected chi connectivity index (χ3v) is 2.33. The van der Waals surface area contributed by atoms with Gasteiger partial charge in [-0.2, -0.15) is 0 Å². The van der Waals surface area contributed by atoms with Crippen LogP contribution in [0.1, 0.15) is 24.0 Å². The lowest BCUT2D eigenvalue weighted by atomic mass is 10.1. The molecule has 0 aliphatic carbocycles. The van der Waals surface area contributed by atoms with Crippen molar-refractivity contribution in [3.63, 3.8) is 0 Å². The summed E-state index contributed by atoms with van der Waals surface area (Å²) >= 11 is 0. The van der Waals surface area contributed by atoms with Crippen molar-refractivity contribution < 1.29 is 19.1 Å². The van der Waals surface area contributed by atoms with Gasteiger partial charge in [0.15, 0.2) is 0 Å². The van der Waals surface area contributed by atoms with Crippen LogP contribution in [0.25, 0.3) is 0 Å². The molecule has 0 aliphatic heterocycles. The molecule has 0 fully saturated rings. The quantitative estimate of drug-likeness (QED) is 0.593. The number of carbonyl (C=O) groups is 2. The SMILES string of the molecule is COC(=O)CCC(=O)Oc1cc(C)ccc1C. The first-order valence-electron chi connectivity index (χ1n) is 5.37. The Bertz CT molecular complexity index is 423. The number of rotatable bonds is 4. The van der Waals surface area contributed by atoms with Gasteiger partial charge >= 0.3 is 11.9 Å². The fourth-order valence-corrected chi connectivity index (χ4v) is 1.30. The van der Waals surface area contributed by atoms with Crippen LogP contribution >= 0.6 is 0 Å². The fraction of sp³-hybridized carbons (Fsp3) is 0.385. The fourth-order valence-electron chi connectivity index (χ4n) is 1.30. The van der Waals surface area contributed by atoms with Gasteiger partial charge in [-0.05, 0) is 31.0 Å². The van der Waals surface area contributed by atoms with E-state index in [9.17, 15) is 9.59 Å². The maximum atomic E-state index is 11.5. The molecule has 1 rings (SSSR count). The molecule has 0 radical (unpaired) electrons. The first-order valence-corrected chi connectivity index (χ1v) is 5.37. The Morgan fingerprint density at radius 1 is 1.12 bits per heavy atom. The molecule has 0 aliphatic rings. The molecule has 0 unspecified atom stereocenters. The number of esters is 2. The molecule has 1 aromatic carbocycles. The maximum Gasteiger partial charge on any atom is 0.311 e. The number of ether oxygens (including phenoxy) is 2. The summed E-state index contributed by atoms with van der Waals surface area (Å²) < 4.78 is 9.62. The van der Waals surface area contributed by atoms with E-state index in [2.05, 4.69) is 4.74 Å². The van der Waals surface area contributed by atoms with Gasteiger partial charge in [-0.3, -0.25) is 9.59 Å². The van der Waals surface area contributed by atoms with E-state index in [1.807, 2.05) is 26.0 Å².